The van der Waals surface area contributed by atoms with Crippen LogP contribution in [0.2, 0.25) is 0 Å². The number of ether oxygens (including phenoxy) is 6. The van der Waals surface area contributed by atoms with E-state index in [1.165, 1.54) is 42.3 Å². The van der Waals surface area contributed by atoms with Crippen molar-refractivity contribution in [3.63, 3.8) is 0 Å². The summed E-state index contributed by atoms with van der Waals surface area (Å²) in [5.41, 5.74) is 0. The van der Waals surface area contributed by atoms with E-state index in [4.69, 9.17) is 18.9 Å². The van der Waals surface area contributed by atoms with Gasteiger partial charge in [-0.05, 0) is 13.8 Å². The third-order valence-electron chi connectivity index (χ3n) is 3.45. The van der Waals surface area contributed by atoms with Gasteiger partial charge in [-0.15, -0.1) is 0 Å². The van der Waals surface area contributed by atoms with E-state index in [9.17, 15) is 9.59 Å². The minimum Gasteiger partial charge on any atom is -0.467 e. The van der Waals surface area contributed by atoms with Gasteiger partial charge in [-0.3, -0.25) is 0 Å². The molecule has 8 nitrogen and oxygen atoms in total. The van der Waals surface area contributed by atoms with Crippen molar-refractivity contribution in [2.75, 3.05) is 28.4 Å². The average Bonchev–Trinajstić information content (AvgIpc) is 2.47. The van der Waals surface area contributed by atoms with Crippen molar-refractivity contribution in [1.29, 1.82) is 0 Å². The van der Waals surface area contributed by atoms with Gasteiger partial charge in [0.2, 0.25) is 11.6 Å². The van der Waals surface area contributed by atoms with Crippen molar-refractivity contribution < 1.29 is 38.0 Å². The Morgan fingerprint density at radius 2 is 1.10 bits per heavy atom. The van der Waals surface area contributed by atoms with Crippen LogP contribution in [0, 0.1) is 0 Å². The van der Waals surface area contributed by atoms with Crippen LogP contribution in [-0.2, 0) is 38.0 Å². The number of hydrogen-bond donors (Lipinski definition) is 0. The van der Waals surface area contributed by atoms with Crippen LogP contribution in [0.5, 0.6) is 0 Å². The molecule has 0 bridgehead atoms. The zero-order chi connectivity index (χ0) is 15.6. The highest BCUT2D eigenvalue weighted by molar-refractivity contribution is 5.85. The number of rotatable bonds is 4. The zero-order valence-corrected chi connectivity index (χ0v) is 12.4. The maximum Gasteiger partial charge on any atom is 0.338 e. The Labute approximate surface area is 117 Å². The van der Waals surface area contributed by atoms with Gasteiger partial charge >= 0.3 is 11.9 Å². The van der Waals surface area contributed by atoms with E-state index in [1.807, 2.05) is 0 Å². The van der Waals surface area contributed by atoms with Crippen molar-refractivity contribution in [2.45, 2.75) is 37.6 Å². The molecule has 4 atom stereocenters. The van der Waals surface area contributed by atoms with Crippen molar-refractivity contribution >= 4 is 11.9 Å². The lowest BCUT2D eigenvalue weighted by Crippen LogP contribution is -2.68. The molecule has 0 aromatic rings. The molecular weight excluding hydrogens is 272 g/mol. The molecule has 0 aliphatic carbocycles. The first kappa shape index (κ1) is 16.8. The summed E-state index contributed by atoms with van der Waals surface area (Å²) in [6, 6.07) is 0. The molecule has 1 rings (SSSR count). The molecule has 0 spiro atoms. The van der Waals surface area contributed by atoms with Crippen LogP contribution < -0.4 is 0 Å². The highest BCUT2D eigenvalue weighted by Crippen LogP contribution is 2.39. The zero-order valence-electron chi connectivity index (χ0n) is 12.4. The van der Waals surface area contributed by atoms with E-state index in [-0.39, 0.29) is 0 Å². The van der Waals surface area contributed by atoms with Gasteiger partial charge in [-0.25, -0.2) is 9.59 Å². The van der Waals surface area contributed by atoms with E-state index >= 15 is 0 Å². The number of carbonyl (C=O) groups is 2. The summed E-state index contributed by atoms with van der Waals surface area (Å²) in [4.78, 5) is 23.5. The summed E-state index contributed by atoms with van der Waals surface area (Å²) in [6.45, 7) is 3.06. The third kappa shape index (κ3) is 2.64. The largest absolute Gasteiger partial charge is 0.467 e. The first-order valence-corrected chi connectivity index (χ1v) is 5.90. The summed E-state index contributed by atoms with van der Waals surface area (Å²) < 4.78 is 30.8. The first-order chi connectivity index (χ1) is 9.28. The van der Waals surface area contributed by atoms with Gasteiger partial charge in [0.05, 0.1) is 14.2 Å². The number of methoxy groups -OCH3 is 4. The van der Waals surface area contributed by atoms with E-state index in [2.05, 4.69) is 9.47 Å². The SMILES string of the molecule is COC(=O)C1OC(C)(OC)[C@](C)(OC)O[C@H]1C(=O)OC. The minimum absolute atomic E-state index is 0.776. The summed E-state index contributed by atoms with van der Waals surface area (Å²) in [6.07, 6.45) is -2.64. The maximum atomic E-state index is 11.8. The Kier molecular flexibility index (Phi) is 5.09. The molecule has 0 aromatic carbocycles. The molecule has 0 radical (unpaired) electrons. The van der Waals surface area contributed by atoms with Gasteiger partial charge < -0.3 is 28.4 Å². The standard InChI is InChI=1S/C12H20O8/c1-11(17-5)12(2,18-6)20-8(10(14)16-4)7(19-11)9(13)15-3/h7-8H,1-6H3/t7-,8?,11-,12?/m1/s1. The molecule has 0 saturated carbocycles. The van der Waals surface area contributed by atoms with Gasteiger partial charge in [-0.1, -0.05) is 0 Å². The second kappa shape index (κ2) is 6.04. The summed E-state index contributed by atoms with van der Waals surface area (Å²) in [5, 5.41) is 0. The molecule has 8 heteroatoms. The van der Waals surface area contributed by atoms with Crippen LogP contribution in [0.1, 0.15) is 13.8 Å². The summed E-state index contributed by atoms with van der Waals surface area (Å²) in [5.74, 6) is -4.38. The van der Waals surface area contributed by atoms with Crippen LogP contribution in [0.25, 0.3) is 0 Å². The van der Waals surface area contributed by atoms with E-state index in [0.29, 0.717) is 0 Å². The Morgan fingerprint density at radius 3 is 1.30 bits per heavy atom. The van der Waals surface area contributed by atoms with Crippen molar-refractivity contribution in [3.05, 3.63) is 0 Å². The predicted molar refractivity (Wildman–Crippen MR) is 64.6 cm³/mol. The Morgan fingerprint density at radius 1 is 0.800 bits per heavy atom. The molecule has 1 aliphatic heterocycles. The predicted octanol–water partition coefficient (Wildman–Crippen LogP) is -0.158. The monoisotopic (exact) mass is 292 g/mol. The summed E-state index contributed by atoms with van der Waals surface area (Å²) in [7, 11) is 5.09. The van der Waals surface area contributed by atoms with Crippen molar-refractivity contribution in [1.82, 2.24) is 0 Å². The third-order valence-corrected chi connectivity index (χ3v) is 3.45. The van der Waals surface area contributed by atoms with Crippen molar-refractivity contribution in [3.8, 4) is 0 Å². The van der Waals surface area contributed by atoms with Crippen LogP contribution in [0.3, 0.4) is 0 Å². The molecule has 2 unspecified atom stereocenters. The molecule has 116 valence electrons. The van der Waals surface area contributed by atoms with Crippen LogP contribution >= 0.6 is 0 Å². The highest BCUT2D eigenvalue weighted by Gasteiger charge is 2.60. The maximum absolute atomic E-state index is 11.8. The molecule has 1 aliphatic rings. The molecule has 20 heavy (non-hydrogen) atoms. The minimum atomic E-state index is -1.41. The second-order valence-electron chi connectivity index (χ2n) is 4.42. The molecule has 1 fully saturated rings. The fourth-order valence-corrected chi connectivity index (χ4v) is 1.86. The number of hydrogen-bond acceptors (Lipinski definition) is 8. The van der Waals surface area contributed by atoms with E-state index in [0.717, 1.165) is 0 Å². The fourth-order valence-electron chi connectivity index (χ4n) is 1.86. The quantitative estimate of drug-likeness (QED) is 0.660. The lowest BCUT2D eigenvalue weighted by Gasteiger charge is -2.50. The molecular formula is C12H20O8. The molecule has 0 amide bonds. The van der Waals surface area contributed by atoms with Gasteiger partial charge in [0, 0.05) is 14.2 Å². The Balaban J connectivity index is 3.18. The molecule has 1 saturated heterocycles. The fraction of sp³-hybridized carbons (Fsp3) is 0.833. The average molecular weight is 292 g/mol. The van der Waals surface area contributed by atoms with Crippen LogP contribution in [0.4, 0.5) is 0 Å². The van der Waals surface area contributed by atoms with Crippen LogP contribution in [0.15, 0.2) is 0 Å². The van der Waals surface area contributed by atoms with Gasteiger partial charge in [0.1, 0.15) is 0 Å². The van der Waals surface area contributed by atoms with Gasteiger partial charge in [0.15, 0.2) is 12.2 Å². The normalized spacial score (nSPS) is 37.3. The molecule has 0 aromatic heterocycles. The second-order valence-corrected chi connectivity index (χ2v) is 4.42. The molecule has 0 N–H and O–H groups in total. The topological polar surface area (TPSA) is 89.5 Å². The van der Waals surface area contributed by atoms with Gasteiger partial charge in [0.25, 0.3) is 0 Å². The van der Waals surface area contributed by atoms with Crippen LogP contribution in [-0.4, -0.2) is 64.2 Å². The highest BCUT2D eigenvalue weighted by atomic mass is 16.8. The lowest BCUT2D eigenvalue weighted by atomic mass is 10.0. The number of carbonyl (C=O) groups excluding carboxylic acids is 2. The number of esters is 2. The van der Waals surface area contributed by atoms with E-state index < -0.39 is 35.7 Å². The smallest absolute Gasteiger partial charge is 0.338 e. The summed E-state index contributed by atoms with van der Waals surface area (Å²) >= 11 is 0. The Bertz CT molecular complexity index is 348. The van der Waals surface area contributed by atoms with Crippen molar-refractivity contribution in [2.24, 2.45) is 0 Å². The van der Waals surface area contributed by atoms with E-state index in [1.54, 1.807) is 0 Å². The molecule has 1 heterocycles. The lowest BCUT2D eigenvalue weighted by molar-refractivity contribution is -0.439. The Hall–Kier alpha value is -1.22. The van der Waals surface area contributed by atoms with Gasteiger partial charge in [-0.2, -0.15) is 0 Å². The first-order valence-electron chi connectivity index (χ1n) is 5.90.